The Balaban J connectivity index is 1.97. The largest absolute Gasteiger partial charge is 0.469 e. The summed E-state index contributed by atoms with van der Waals surface area (Å²) < 4.78 is 17.7. The van der Waals surface area contributed by atoms with Crippen molar-refractivity contribution in [1.82, 2.24) is 10.2 Å². The van der Waals surface area contributed by atoms with Gasteiger partial charge in [0.25, 0.3) is 0 Å². The molecule has 5 nitrogen and oxygen atoms in total. The molecule has 1 atom stereocenters. The zero-order chi connectivity index (χ0) is 13.8. The fourth-order valence-electron chi connectivity index (χ4n) is 2.02. The lowest BCUT2D eigenvalue weighted by Crippen LogP contribution is -2.30. The SMILES string of the molecule is COC(=O)CCN1CC(c2cccc(F)c2)NC1=O. The van der Waals surface area contributed by atoms with Crippen molar-refractivity contribution in [2.45, 2.75) is 12.5 Å². The number of nitrogens with zero attached hydrogens (tertiary/aromatic N) is 1. The van der Waals surface area contributed by atoms with Crippen LogP contribution in [0.4, 0.5) is 9.18 Å². The van der Waals surface area contributed by atoms with Gasteiger partial charge in [-0.05, 0) is 17.7 Å². The number of ether oxygens (including phenoxy) is 1. The van der Waals surface area contributed by atoms with E-state index in [0.717, 1.165) is 0 Å². The first kappa shape index (κ1) is 13.3. The summed E-state index contributed by atoms with van der Waals surface area (Å²) in [6.45, 7) is 0.712. The summed E-state index contributed by atoms with van der Waals surface area (Å²) >= 11 is 0. The number of halogens is 1. The second-order valence-corrected chi connectivity index (χ2v) is 4.33. The molecule has 1 aromatic carbocycles. The van der Waals surface area contributed by atoms with Crippen LogP contribution in [0, 0.1) is 5.82 Å². The van der Waals surface area contributed by atoms with Gasteiger partial charge >= 0.3 is 12.0 Å². The van der Waals surface area contributed by atoms with Crippen LogP contribution in [0.5, 0.6) is 0 Å². The number of benzene rings is 1. The van der Waals surface area contributed by atoms with Gasteiger partial charge in [-0.2, -0.15) is 0 Å². The van der Waals surface area contributed by atoms with Crippen molar-refractivity contribution in [3.05, 3.63) is 35.6 Å². The van der Waals surface area contributed by atoms with Gasteiger partial charge < -0.3 is 15.0 Å². The minimum Gasteiger partial charge on any atom is -0.469 e. The monoisotopic (exact) mass is 266 g/mol. The topological polar surface area (TPSA) is 58.6 Å². The van der Waals surface area contributed by atoms with Gasteiger partial charge in [-0.15, -0.1) is 0 Å². The van der Waals surface area contributed by atoms with Gasteiger partial charge in [0.15, 0.2) is 0 Å². The molecule has 1 unspecified atom stereocenters. The first-order valence-corrected chi connectivity index (χ1v) is 5.98. The van der Waals surface area contributed by atoms with Crippen molar-refractivity contribution in [3.63, 3.8) is 0 Å². The van der Waals surface area contributed by atoms with Gasteiger partial charge in [0, 0.05) is 13.1 Å². The van der Waals surface area contributed by atoms with Crippen LogP contribution in [0.2, 0.25) is 0 Å². The van der Waals surface area contributed by atoms with Crippen LogP contribution in [0.25, 0.3) is 0 Å². The van der Waals surface area contributed by atoms with Crippen molar-refractivity contribution in [3.8, 4) is 0 Å². The number of esters is 1. The zero-order valence-corrected chi connectivity index (χ0v) is 10.6. The molecule has 6 heteroatoms. The molecule has 1 aliphatic rings. The van der Waals surface area contributed by atoms with E-state index >= 15 is 0 Å². The zero-order valence-electron chi connectivity index (χ0n) is 10.6. The molecule has 1 heterocycles. The molecule has 1 saturated heterocycles. The molecule has 2 rings (SSSR count). The van der Waals surface area contributed by atoms with E-state index in [1.807, 2.05) is 0 Å². The highest BCUT2D eigenvalue weighted by Crippen LogP contribution is 2.20. The first-order chi connectivity index (χ1) is 9.10. The van der Waals surface area contributed by atoms with Crippen LogP contribution in [0.3, 0.4) is 0 Å². The lowest BCUT2D eigenvalue weighted by atomic mass is 10.1. The highest BCUT2D eigenvalue weighted by Gasteiger charge is 2.29. The van der Waals surface area contributed by atoms with Crippen molar-refractivity contribution >= 4 is 12.0 Å². The average Bonchev–Trinajstić information content (AvgIpc) is 2.77. The van der Waals surface area contributed by atoms with E-state index in [0.29, 0.717) is 18.7 Å². The van der Waals surface area contributed by atoms with Crippen LogP contribution >= 0.6 is 0 Å². The van der Waals surface area contributed by atoms with Gasteiger partial charge in [-0.25, -0.2) is 9.18 Å². The van der Waals surface area contributed by atoms with Crippen LogP contribution in [-0.4, -0.2) is 37.1 Å². The Kier molecular flexibility index (Phi) is 3.99. The number of hydrogen-bond acceptors (Lipinski definition) is 3. The summed E-state index contributed by atoms with van der Waals surface area (Å²) in [5, 5.41) is 2.76. The van der Waals surface area contributed by atoms with Gasteiger partial charge in [0.1, 0.15) is 5.82 Å². The Bertz CT molecular complexity index is 493. The Morgan fingerprint density at radius 1 is 1.58 bits per heavy atom. The van der Waals surface area contributed by atoms with Crippen LogP contribution in [0.1, 0.15) is 18.0 Å². The number of nitrogens with one attached hydrogen (secondary N) is 1. The molecular weight excluding hydrogens is 251 g/mol. The van der Waals surface area contributed by atoms with Crippen molar-refractivity contribution in [2.24, 2.45) is 0 Å². The smallest absolute Gasteiger partial charge is 0.318 e. The number of urea groups is 1. The Hall–Kier alpha value is -2.11. The molecule has 102 valence electrons. The van der Waals surface area contributed by atoms with Gasteiger partial charge in [-0.3, -0.25) is 4.79 Å². The third-order valence-corrected chi connectivity index (χ3v) is 3.05. The quantitative estimate of drug-likeness (QED) is 0.839. The van der Waals surface area contributed by atoms with E-state index in [2.05, 4.69) is 10.1 Å². The fourth-order valence-corrected chi connectivity index (χ4v) is 2.02. The first-order valence-electron chi connectivity index (χ1n) is 5.98. The standard InChI is InChI=1S/C13H15FN2O3/c1-19-12(17)5-6-16-8-11(15-13(16)18)9-3-2-4-10(14)7-9/h2-4,7,11H,5-6,8H2,1H3,(H,15,18). The maximum absolute atomic E-state index is 13.1. The van der Waals surface area contributed by atoms with E-state index in [9.17, 15) is 14.0 Å². The maximum Gasteiger partial charge on any atom is 0.318 e. The number of carbonyl (C=O) groups is 2. The second-order valence-electron chi connectivity index (χ2n) is 4.33. The molecule has 19 heavy (non-hydrogen) atoms. The lowest BCUT2D eigenvalue weighted by molar-refractivity contribution is -0.140. The number of hydrogen-bond donors (Lipinski definition) is 1. The molecule has 0 spiro atoms. The number of amides is 2. The van der Waals surface area contributed by atoms with Crippen molar-refractivity contribution in [2.75, 3.05) is 20.2 Å². The normalized spacial score (nSPS) is 18.3. The predicted octanol–water partition coefficient (Wildman–Crippen LogP) is 1.46. The van der Waals surface area contributed by atoms with Crippen LogP contribution < -0.4 is 5.32 Å². The molecule has 1 aliphatic heterocycles. The van der Waals surface area contributed by atoms with Gasteiger partial charge in [0.2, 0.25) is 0 Å². The summed E-state index contributed by atoms with van der Waals surface area (Å²) in [5.41, 5.74) is 0.717. The summed E-state index contributed by atoms with van der Waals surface area (Å²) in [5.74, 6) is -0.693. The fraction of sp³-hybridized carbons (Fsp3) is 0.385. The summed E-state index contributed by atoms with van der Waals surface area (Å²) in [6, 6.07) is 5.62. The lowest BCUT2D eigenvalue weighted by Gasteiger charge is -2.13. The molecule has 0 radical (unpaired) electrons. The van der Waals surface area contributed by atoms with E-state index in [1.54, 1.807) is 12.1 Å². The minimum atomic E-state index is -0.359. The van der Waals surface area contributed by atoms with Gasteiger partial charge in [-0.1, -0.05) is 12.1 Å². The highest BCUT2D eigenvalue weighted by atomic mass is 19.1. The number of methoxy groups -OCH3 is 1. The van der Waals surface area contributed by atoms with Crippen molar-refractivity contribution < 1.29 is 18.7 Å². The molecule has 1 aromatic rings. The third-order valence-electron chi connectivity index (χ3n) is 3.05. The molecule has 0 aliphatic carbocycles. The van der Waals surface area contributed by atoms with Gasteiger partial charge in [0.05, 0.1) is 19.6 Å². The van der Waals surface area contributed by atoms with E-state index in [-0.39, 0.29) is 30.3 Å². The summed E-state index contributed by atoms with van der Waals surface area (Å²) in [6.07, 6.45) is 0.153. The molecule has 0 saturated carbocycles. The molecule has 1 N–H and O–H groups in total. The summed E-state index contributed by atoms with van der Waals surface area (Å²) in [4.78, 5) is 24.3. The highest BCUT2D eigenvalue weighted by molar-refractivity contribution is 5.78. The van der Waals surface area contributed by atoms with Crippen LogP contribution in [-0.2, 0) is 9.53 Å². The van der Waals surface area contributed by atoms with Crippen LogP contribution in [0.15, 0.2) is 24.3 Å². The Morgan fingerprint density at radius 3 is 3.05 bits per heavy atom. The molecule has 0 aromatic heterocycles. The third kappa shape index (κ3) is 3.21. The maximum atomic E-state index is 13.1. The molecule has 2 amide bonds. The second kappa shape index (κ2) is 5.69. The van der Waals surface area contributed by atoms with E-state index < -0.39 is 0 Å². The Labute approximate surface area is 110 Å². The number of carbonyl (C=O) groups excluding carboxylic acids is 2. The van der Waals surface area contributed by atoms with Crippen molar-refractivity contribution in [1.29, 1.82) is 0 Å². The average molecular weight is 266 g/mol. The molecular formula is C13H15FN2O3. The summed E-state index contributed by atoms with van der Waals surface area (Å²) in [7, 11) is 1.31. The van der Waals surface area contributed by atoms with E-state index in [4.69, 9.17) is 0 Å². The minimum absolute atomic E-state index is 0.153. The number of rotatable bonds is 4. The predicted molar refractivity (Wildman–Crippen MR) is 65.9 cm³/mol. The molecule has 1 fully saturated rings. The Morgan fingerprint density at radius 2 is 2.37 bits per heavy atom. The van der Waals surface area contributed by atoms with E-state index in [1.165, 1.54) is 24.1 Å². The molecule has 0 bridgehead atoms.